The number of dihydropyridines is 1. The number of para-hydroxylation sites is 3. The second-order valence-electron chi connectivity index (χ2n) is 13.4. The molecule has 0 aromatic heterocycles. The number of rotatable bonds is 4. The Hall–Kier alpha value is -6.38. The van der Waals surface area contributed by atoms with Crippen molar-refractivity contribution in [2.24, 2.45) is 0 Å². The third-order valence-corrected chi connectivity index (χ3v) is 10.7. The normalized spacial score (nSPS) is 16.1. The van der Waals surface area contributed by atoms with E-state index in [-0.39, 0.29) is 6.04 Å². The number of benzene rings is 7. The Kier molecular flexibility index (Phi) is 6.50. The lowest BCUT2D eigenvalue weighted by Crippen LogP contribution is -2.36. The monoisotopic (exact) mass is 638 g/mol. The van der Waals surface area contributed by atoms with Crippen LogP contribution in [0.2, 0.25) is 0 Å². The van der Waals surface area contributed by atoms with E-state index in [0.29, 0.717) is 0 Å². The number of nitrogens with one attached hydrogen (secondary N) is 1. The summed E-state index contributed by atoms with van der Waals surface area (Å²) in [6.45, 7) is 0. The van der Waals surface area contributed by atoms with Crippen molar-refractivity contribution in [2.45, 2.75) is 11.5 Å². The van der Waals surface area contributed by atoms with Gasteiger partial charge in [-0.2, -0.15) is 0 Å². The third-order valence-electron chi connectivity index (χ3n) is 10.7. The molecule has 2 aliphatic heterocycles. The quantitative estimate of drug-likeness (QED) is 0.206. The fraction of sp³-hybridized carbons (Fsp3) is 0.0417. The lowest BCUT2D eigenvalue weighted by atomic mass is 9.64. The summed E-state index contributed by atoms with van der Waals surface area (Å²) in [6.07, 6.45) is 6.64. The first-order valence-corrected chi connectivity index (χ1v) is 17.4. The summed E-state index contributed by atoms with van der Waals surface area (Å²) in [4.78, 5) is 2.44. The lowest BCUT2D eigenvalue weighted by Gasteiger charge is -2.45. The first-order valence-electron chi connectivity index (χ1n) is 17.4. The highest BCUT2D eigenvalue weighted by Gasteiger charge is 2.51. The molecule has 1 aliphatic carbocycles. The first-order chi connectivity index (χ1) is 24.8. The van der Waals surface area contributed by atoms with Crippen LogP contribution in [0.4, 0.5) is 17.1 Å². The van der Waals surface area contributed by atoms with E-state index in [2.05, 4.69) is 204 Å². The molecular weight excluding hydrogens is 605 g/mol. The Bertz CT molecular complexity index is 2430. The Morgan fingerprint density at radius 1 is 0.460 bits per heavy atom. The average Bonchev–Trinajstić information content (AvgIpc) is 3.49. The zero-order valence-electron chi connectivity index (χ0n) is 27.5. The van der Waals surface area contributed by atoms with E-state index in [0.717, 1.165) is 5.69 Å². The van der Waals surface area contributed by atoms with Gasteiger partial charge in [0.2, 0.25) is 0 Å². The van der Waals surface area contributed by atoms with Gasteiger partial charge >= 0.3 is 0 Å². The van der Waals surface area contributed by atoms with E-state index in [4.69, 9.17) is 0 Å². The van der Waals surface area contributed by atoms with Crippen molar-refractivity contribution in [3.8, 4) is 22.3 Å². The zero-order chi connectivity index (χ0) is 33.1. The SMILES string of the molecule is C1=CC(c2cccc(-c3ccc4c(c3)C3(c5ccccc5-4)c4ccccc4N(c4ccccc4)c4ccccc43)c2)NC=C1c1ccccc1. The molecule has 10 rings (SSSR count). The van der Waals surface area contributed by atoms with Crippen molar-refractivity contribution < 1.29 is 0 Å². The van der Waals surface area contributed by atoms with Crippen LogP contribution in [-0.2, 0) is 5.41 Å². The van der Waals surface area contributed by atoms with Gasteiger partial charge in [0.25, 0.3) is 0 Å². The molecule has 2 heteroatoms. The molecule has 0 amide bonds. The van der Waals surface area contributed by atoms with E-state index in [1.165, 1.54) is 72.6 Å². The highest BCUT2D eigenvalue weighted by molar-refractivity contribution is 5.96. The van der Waals surface area contributed by atoms with Gasteiger partial charge in [0.15, 0.2) is 0 Å². The van der Waals surface area contributed by atoms with Crippen LogP contribution < -0.4 is 10.2 Å². The maximum atomic E-state index is 3.65. The van der Waals surface area contributed by atoms with Crippen LogP contribution in [0.25, 0.3) is 27.8 Å². The molecule has 0 radical (unpaired) electrons. The zero-order valence-corrected chi connectivity index (χ0v) is 27.5. The van der Waals surface area contributed by atoms with Gasteiger partial charge in [-0.05, 0) is 97.6 Å². The molecule has 3 aliphatic rings. The standard InChI is InChI=1S/C48H34N2/c1-3-14-33(15-4-1)37-27-29-45(49-32-37)36-17-13-16-34(30-36)35-26-28-40-39-20-7-8-21-41(39)48(44(40)31-35)42-22-9-11-24-46(42)50(38-18-5-2-6-19-38)47-25-12-10-23-43(47)48/h1-32,45,49H. The van der Waals surface area contributed by atoms with E-state index >= 15 is 0 Å². The molecule has 50 heavy (non-hydrogen) atoms. The molecule has 0 bridgehead atoms. The van der Waals surface area contributed by atoms with Crippen LogP contribution in [-0.4, -0.2) is 0 Å². The number of anilines is 3. The molecule has 1 atom stereocenters. The minimum atomic E-state index is -0.468. The minimum Gasteiger partial charge on any atom is -0.380 e. The van der Waals surface area contributed by atoms with Gasteiger partial charge in [-0.1, -0.05) is 152 Å². The second kappa shape index (κ2) is 11.4. The van der Waals surface area contributed by atoms with Crippen molar-refractivity contribution in [3.05, 3.63) is 228 Å². The molecule has 1 spiro atoms. The summed E-state index contributed by atoms with van der Waals surface area (Å²) in [5, 5.41) is 3.65. The largest absolute Gasteiger partial charge is 0.380 e. The Morgan fingerprint density at radius 3 is 1.78 bits per heavy atom. The van der Waals surface area contributed by atoms with Gasteiger partial charge in [-0.25, -0.2) is 0 Å². The summed E-state index contributed by atoms with van der Waals surface area (Å²) >= 11 is 0. The fourth-order valence-electron chi connectivity index (χ4n) is 8.55. The molecule has 7 aromatic carbocycles. The smallest absolute Gasteiger partial charge is 0.0754 e. The average molecular weight is 639 g/mol. The van der Waals surface area contributed by atoms with Gasteiger partial charge in [-0.3, -0.25) is 0 Å². The van der Waals surface area contributed by atoms with Gasteiger partial charge in [0.1, 0.15) is 0 Å². The number of hydrogen-bond acceptors (Lipinski definition) is 2. The molecule has 1 N–H and O–H groups in total. The molecule has 2 heterocycles. The topological polar surface area (TPSA) is 15.3 Å². The fourth-order valence-corrected chi connectivity index (χ4v) is 8.55. The van der Waals surface area contributed by atoms with E-state index in [1.807, 2.05) is 0 Å². The summed E-state index contributed by atoms with van der Waals surface area (Å²) in [6, 6.07) is 64.6. The van der Waals surface area contributed by atoms with Crippen molar-refractivity contribution in [1.29, 1.82) is 0 Å². The number of allylic oxidation sites excluding steroid dienone is 2. The van der Waals surface area contributed by atoms with Gasteiger partial charge in [0, 0.05) is 11.9 Å². The molecule has 1 unspecified atom stereocenters. The molecule has 2 nitrogen and oxygen atoms in total. The minimum absolute atomic E-state index is 0.105. The van der Waals surface area contributed by atoms with Gasteiger partial charge < -0.3 is 10.2 Å². The Morgan fingerprint density at radius 2 is 1.06 bits per heavy atom. The molecule has 236 valence electrons. The Balaban J connectivity index is 1.13. The number of hydrogen-bond donors (Lipinski definition) is 1. The lowest BCUT2D eigenvalue weighted by molar-refractivity contribution is 0.749. The number of nitrogens with zero attached hydrogens (tertiary/aromatic N) is 1. The van der Waals surface area contributed by atoms with Crippen molar-refractivity contribution >= 4 is 22.6 Å². The first kappa shape index (κ1) is 28.6. The van der Waals surface area contributed by atoms with E-state index < -0.39 is 5.41 Å². The van der Waals surface area contributed by atoms with Crippen LogP contribution in [0.1, 0.15) is 39.4 Å². The van der Waals surface area contributed by atoms with Crippen LogP contribution in [0.5, 0.6) is 0 Å². The predicted octanol–water partition coefficient (Wildman–Crippen LogP) is 11.7. The van der Waals surface area contributed by atoms with Crippen LogP contribution in [0.3, 0.4) is 0 Å². The molecule has 0 fully saturated rings. The van der Waals surface area contributed by atoms with Crippen molar-refractivity contribution in [3.63, 3.8) is 0 Å². The molecule has 7 aromatic rings. The third kappa shape index (κ3) is 4.22. The maximum absolute atomic E-state index is 3.65. The summed E-state index contributed by atoms with van der Waals surface area (Å²) in [7, 11) is 0. The van der Waals surface area contributed by atoms with Crippen LogP contribution in [0.15, 0.2) is 194 Å². The van der Waals surface area contributed by atoms with Gasteiger partial charge in [0.05, 0.1) is 22.8 Å². The highest BCUT2D eigenvalue weighted by atomic mass is 15.2. The number of fused-ring (bicyclic) bond motifs is 9. The van der Waals surface area contributed by atoms with Crippen molar-refractivity contribution in [2.75, 3.05) is 4.90 Å². The maximum Gasteiger partial charge on any atom is 0.0754 e. The molecule has 0 saturated heterocycles. The summed E-state index contributed by atoms with van der Waals surface area (Å²) in [5.74, 6) is 0. The second-order valence-corrected chi connectivity index (χ2v) is 13.4. The Labute approximate surface area is 293 Å². The van der Waals surface area contributed by atoms with Crippen molar-refractivity contribution in [1.82, 2.24) is 5.32 Å². The van der Waals surface area contributed by atoms with Gasteiger partial charge in [-0.15, -0.1) is 0 Å². The predicted molar refractivity (Wildman–Crippen MR) is 207 cm³/mol. The molecular formula is C48H34N2. The molecule has 0 saturated carbocycles. The summed E-state index contributed by atoms with van der Waals surface area (Å²) < 4.78 is 0. The van der Waals surface area contributed by atoms with Crippen LogP contribution in [0, 0.1) is 0 Å². The van der Waals surface area contributed by atoms with E-state index in [1.54, 1.807) is 0 Å². The highest BCUT2D eigenvalue weighted by Crippen LogP contribution is 2.63. The summed E-state index contributed by atoms with van der Waals surface area (Å²) in [5.41, 5.74) is 17.1. The van der Waals surface area contributed by atoms with Crippen LogP contribution >= 0.6 is 0 Å². The van der Waals surface area contributed by atoms with E-state index in [9.17, 15) is 0 Å².